The molecule has 0 aromatic heterocycles. The monoisotopic (exact) mass is 611 g/mol. The zero-order valence-corrected chi connectivity index (χ0v) is 23.3. The summed E-state index contributed by atoms with van der Waals surface area (Å²) in [5.74, 6) is -0.197. The van der Waals surface area contributed by atoms with E-state index in [2.05, 4.69) is 4.90 Å². The second-order valence-corrected chi connectivity index (χ2v) is 9.43. The number of rotatable bonds is 4. The molecule has 2 heterocycles. The summed E-state index contributed by atoms with van der Waals surface area (Å²) >= 11 is 0.731. The first-order valence-corrected chi connectivity index (χ1v) is 13.7. The van der Waals surface area contributed by atoms with Crippen LogP contribution in [0.4, 0.5) is 0 Å². The number of carbonyl (C=O) groups excluding carboxylic acids is 2. The Labute approximate surface area is 199 Å². The second kappa shape index (κ2) is 14.9. The number of methoxy groups -OCH3 is 1. The summed E-state index contributed by atoms with van der Waals surface area (Å²) in [4.78, 5) is 29.9. The summed E-state index contributed by atoms with van der Waals surface area (Å²) < 4.78 is 4.94. The van der Waals surface area contributed by atoms with Gasteiger partial charge < -0.3 is 0 Å². The molecule has 0 bridgehead atoms. The molecule has 30 heavy (non-hydrogen) atoms. The topological polar surface area (TPSA) is 49.9 Å². The number of ether oxygens (including phenoxy) is 1. The van der Waals surface area contributed by atoms with Crippen molar-refractivity contribution in [3.63, 3.8) is 0 Å². The van der Waals surface area contributed by atoms with Crippen molar-refractivity contribution in [1.29, 1.82) is 0 Å². The molecule has 0 saturated carbocycles. The zero-order chi connectivity index (χ0) is 22.5. The van der Waals surface area contributed by atoms with Gasteiger partial charge in [0, 0.05) is 0 Å². The number of amides is 1. The average molecular weight is 611 g/mol. The Morgan fingerprint density at radius 1 is 1.00 bits per heavy atom. The van der Waals surface area contributed by atoms with Gasteiger partial charge in [-0.3, -0.25) is 0 Å². The van der Waals surface area contributed by atoms with Crippen molar-refractivity contribution in [2.75, 3.05) is 26.7 Å². The van der Waals surface area contributed by atoms with Crippen molar-refractivity contribution >= 4 is 37.6 Å². The molecular formula is C24H39N2O3Pb. The van der Waals surface area contributed by atoms with Crippen LogP contribution in [0, 0.1) is 0 Å². The fraction of sp³-hybridized carbons (Fsp3) is 0.667. The van der Waals surface area contributed by atoms with Crippen LogP contribution >= 0.6 is 0 Å². The maximum absolute atomic E-state index is 13.2. The van der Waals surface area contributed by atoms with Crippen LogP contribution in [0.15, 0.2) is 30.3 Å². The van der Waals surface area contributed by atoms with Gasteiger partial charge in [0.1, 0.15) is 0 Å². The van der Waals surface area contributed by atoms with Crippen molar-refractivity contribution < 1.29 is 14.3 Å². The van der Waals surface area contributed by atoms with Gasteiger partial charge >= 0.3 is 172 Å². The standard InChI is InChI=1S/C20H27N2O3.2C2H6.Pb/c1-25-20(24)18-15-17(21-11-6-3-7-12-21)10-13-22(18)19(23)14-16-8-4-2-5-9-16;2*1-2;/h2,4-5,8-9,14,17-18H,3,6-7,10-13,15H2,1H3;2*1-2H3;. The third-order valence-electron chi connectivity index (χ3n) is 5.62. The van der Waals surface area contributed by atoms with Crippen LogP contribution in [0.25, 0.3) is 0 Å². The predicted molar refractivity (Wildman–Crippen MR) is 124 cm³/mol. The minimum absolute atomic E-state index is 0.0790. The van der Waals surface area contributed by atoms with Crippen LogP contribution in [0.5, 0.6) is 0 Å². The number of carbonyl (C=O) groups is 2. The molecule has 2 saturated heterocycles. The molecular weight excluding hydrogens is 571 g/mol. The Kier molecular flexibility index (Phi) is 13.5. The number of hydrogen-bond donors (Lipinski definition) is 0. The Hall–Kier alpha value is -0.958. The SMILES string of the molecule is CC.CC.COC(=O)C1CC(N2CCCCC2)CCN1C(=O)[CH]([Pb])c1ccccc1. The molecule has 3 unspecified atom stereocenters. The first kappa shape index (κ1) is 27.1. The molecule has 0 spiro atoms. The molecule has 5 nitrogen and oxygen atoms in total. The van der Waals surface area contributed by atoms with Gasteiger partial charge in [-0.25, -0.2) is 0 Å². The average Bonchev–Trinajstić information content (AvgIpc) is 2.85. The molecule has 167 valence electrons. The van der Waals surface area contributed by atoms with E-state index < -0.39 is 6.04 Å². The molecule has 6 heteroatoms. The number of nitrogens with zero attached hydrogens (tertiary/aromatic N) is 2. The molecule has 1 aromatic carbocycles. The summed E-state index contributed by atoms with van der Waals surface area (Å²) in [5, 5.41) is 0. The van der Waals surface area contributed by atoms with Crippen LogP contribution in [-0.2, 0) is 14.3 Å². The van der Waals surface area contributed by atoms with E-state index in [-0.39, 0.29) is 15.4 Å². The number of hydrogen-bond acceptors (Lipinski definition) is 4. The normalized spacial score (nSPS) is 22.5. The van der Waals surface area contributed by atoms with E-state index in [0.29, 0.717) is 19.0 Å². The van der Waals surface area contributed by atoms with Gasteiger partial charge in [-0.2, -0.15) is 0 Å². The van der Waals surface area contributed by atoms with Gasteiger partial charge in [-0.1, -0.05) is 27.7 Å². The van der Waals surface area contributed by atoms with Crippen LogP contribution in [0.1, 0.15) is 68.8 Å². The first-order chi connectivity index (χ1) is 14.6. The molecule has 2 fully saturated rings. The van der Waals surface area contributed by atoms with Gasteiger partial charge in [0.05, 0.1) is 0 Å². The van der Waals surface area contributed by atoms with E-state index in [0.717, 1.165) is 50.8 Å². The van der Waals surface area contributed by atoms with E-state index >= 15 is 0 Å². The Morgan fingerprint density at radius 2 is 1.60 bits per heavy atom. The van der Waals surface area contributed by atoms with Gasteiger partial charge in [-0.15, -0.1) is 0 Å². The summed E-state index contributed by atoms with van der Waals surface area (Å²) in [5.41, 5.74) is 1.05. The molecule has 3 radical (unpaired) electrons. The van der Waals surface area contributed by atoms with Crippen LogP contribution < -0.4 is 0 Å². The third-order valence-corrected chi connectivity index (χ3v) is 7.87. The Morgan fingerprint density at radius 3 is 2.17 bits per heavy atom. The first-order valence-electron chi connectivity index (χ1n) is 11.5. The number of piperidine rings is 2. The molecule has 1 aromatic rings. The van der Waals surface area contributed by atoms with E-state index in [4.69, 9.17) is 4.74 Å². The van der Waals surface area contributed by atoms with E-state index in [1.165, 1.54) is 26.4 Å². The van der Waals surface area contributed by atoms with Crippen molar-refractivity contribution in [2.45, 2.75) is 75.4 Å². The fourth-order valence-electron chi connectivity index (χ4n) is 4.14. The molecule has 3 atom stereocenters. The number of likely N-dealkylation sites (tertiary alicyclic amines) is 2. The summed E-state index contributed by atoms with van der Waals surface area (Å²) in [6, 6.07) is 9.83. The summed E-state index contributed by atoms with van der Waals surface area (Å²) in [6.45, 7) is 10.9. The van der Waals surface area contributed by atoms with Gasteiger partial charge in [0.25, 0.3) is 0 Å². The summed E-state index contributed by atoms with van der Waals surface area (Å²) in [6.07, 6.45) is 5.41. The van der Waals surface area contributed by atoms with Crippen molar-refractivity contribution in [3.8, 4) is 0 Å². The van der Waals surface area contributed by atoms with Crippen molar-refractivity contribution in [2.24, 2.45) is 0 Å². The summed E-state index contributed by atoms with van der Waals surface area (Å²) in [7, 11) is 1.42. The van der Waals surface area contributed by atoms with E-state index in [1.807, 2.05) is 58.0 Å². The van der Waals surface area contributed by atoms with Gasteiger partial charge in [-0.05, 0) is 0 Å². The minimum atomic E-state index is -0.451. The zero-order valence-electron chi connectivity index (χ0n) is 19.4. The molecule has 3 rings (SSSR count). The molecule has 2 aliphatic heterocycles. The molecule has 2 aliphatic rings. The van der Waals surface area contributed by atoms with Crippen LogP contribution in [-0.4, -0.2) is 86.3 Å². The van der Waals surface area contributed by atoms with Crippen molar-refractivity contribution in [1.82, 2.24) is 9.80 Å². The molecule has 0 aliphatic carbocycles. The van der Waals surface area contributed by atoms with E-state index in [9.17, 15) is 9.59 Å². The number of esters is 1. The molecule has 1 amide bonds. The van der Waals surface area contributed by atoms with Gasteiger partial charge in [0.15, 0.2) is 0 Å². The van der Waals surface area contributed by atoms with E-state index in [1.54, 1.807) is 4.90 Å². The third kappa shape index (κ3) is 7.32. The Balaban J connectivity index is 0.00000106. The maximum atomic E-state index is 13.2. The van der Waals surface area contributed by atoms with Crippen LogP contribution in [0.2, 0.25) is 0 Å². The quantitative estimate of drug-likeness (QED) is 0.383. The fourth-order valence-corrected chi connectivity index (χ4v) is 5.53. The van der Waals surface area contributed by atoms with Gasteiger partial charge in [0.2, 0.25) is 0 Å². The van der Waals surface area contributed by atoms with Crippen LogP contribution in [0.3, 0.4) is 0 Å². The molecule has 0 N–H and O–H groups in total. The van der Waals surface area contributed by atoms with Crippen molar-refractivity contribution in [3.05, 3.63) is 35.9 Å². The number of benzene rings is 1. The predicted octanol–water partition coefficient (Wildman–Crippen LogP) is 3.97. The Bertz CT molecular complexity index is 620. The second-order valence-electron chi connectivity index (χ2n) is 7.19.